The van der Waals surface area contributed by atoms with Crippen molar-refractivity contribution in [3.63, 3.8) is 0 Å². The minimum Gasteiger partial charge on any atom is -0.477 e. The van der Waals surface area contributed by atoms with Crippen LogP contribution in [0, 0.1) is 0 Å². The van der Waals surface area contributed by atoms with E-state index in [1.165, 1.54) is 0 Å². The Labute approximate surface area is 92.2 Å². The highest BCUT2D eigenvalue weighted by molar-refractivity contribution is 9.10. The van der Waals surface area contributed by atoms with E-state index < -0.39 is 23.8 Å². The highest BCUT2D eigenvalue weighted by Gasteiger charge is 2.19. The van der Waals surface area contributed by atoms with Crippen molar-refractivity contribution < 1.29 is 18.7 Å². The van der Waals surface area contributed by atoms with Gasteiger partial charge in [-0.1, -0.05) is 0 Å². The van der Waals surface area contributed by atoms with Crippen LogP contribution in [-0.2, 0) is 6.54 Å². The van der Waals surface area contributed by atoms with E-state index in [9.17, 15) is 13.6 Å². The van der Waals surface area contributed by atoms with Gasteiger partial charge in [-0.05, 0) is 27.6 Å². The standard InChI is InChI=1S/C8H7BrF2N2O2/c9-5-3(2-12)1-4(8(14)15)13-6(5)7(10)11/h1,7H,2,12H2,(H,14,15). The fourth-order valence-corrected chi connectivity index (χ4v) is 1.54. The number of aromatic nitrogens is 1. The number of pyridine rings is 1. The zero-order chi connectivity index (χ0) is 11.6. The maximum Gasteiger partial charge on any atom is 0.354 e. The number of carboxylic acids is 1. The summed E-state index contributed by atoms with van der Waals surface area (Å²) < 4.78 is 25.0. The molecule has 0 radical (unpaired) electrons. The summed E-state index contributed by atoms with van der Waals surface area (Å²) in [5.41, 5.74) is 4.54. The summed E-state index contributed by atoms with van der Waals surface area (Å²) in [6.45, 7) is -0.0386. The maximum absolute atomic E-state index is 12.5. The van der Waals surface area contributed by atoms with Gasteiger partial charge in [0.1, 0.15) is 11.4 Å². The van der Waals surface area contributed by atoms with Gasteiger partial charge in [0, 0.05) is 11.0 Å². The van der Waals surface area contributed by atoms with Gasteiger partial charge in [0.15, 0.2) is 0 Å². The molecule has 0 fully saturated rings. The van der Waals surface area contributed by atoms with Crippen LogP contribution in [0.5, 0.6) is 0 Å². The van der Waals surface area contributed by atoms with Crippen LogP contribution in [0.1, 0.15) is 28.2 Å². The van der Waals surface area contributed by atoms with Crippen LogP contribution < -0.4 is 5.73 Å². The minimum atomic E-state index is -2.84. The number of nitrogens with zero attached hydrogens (tertiary/aromatic N) is 1. The first-order valence-electron chi connectivity index (χ1n) is 3.88. The quantitative estimate of drug-likeness (QED) is 0.887. The number of nitrogens with two attached hydrogens (primary N) is 1. The highest BCUT2D eigenvalue weighted by Crippen LogP contribution is 2.28. The van der Waals surface area contributed by atoms with Crippen LogP contribution >= 0.6 is 15.9 Å². The van der Waals surface area contributed by atoms with Crippen LogP contribution in [0.4, 0.5) is 8.78 Å². The van der Waals surface area contributed by atoms with E-state index in [1.54, 1.807) is 0 Å². The van der Waals surface area contributed by atoms with Crippen LogP contribution in [0.15, 0.2) is 10.5 Å². The fourth-order valence-electron chi connectivity index (χ4n) is 1.01. The van der Waals surface area contributed by atoms with Gasteiger partial charge < -0.3 is 10.8 Å². The summed E-state index contributed by atoms with van der Waals surface area (Å²) in [7, 11) is 0. The van der Waals surface area contributed by atoms with Gasteiger partial charge >= 0.3 is 5.97 Å². The number of carboxylic acid groups (broad SMARTS) is 1. The largest absolute Gasteiger partial charge is 0.477 e. The molecule has 0 aromatic carbocycles. The van der Waals surface area contributed by atoms with Gasteiger partial charge in [0.2, 0.25) is 0 Å². The van der Waals surface area contributed by atoms with Gasteiger partial charge in [0.05, 0.1) is 0 Å². The average molecular weight is 281 g/mol. The second-order valence-electron chi connectivity index (χ2n) is 2.68. The zero-order valence-electron chi connectivity index (χ0n) is 7.38. The van der Waals surface area contributed by atoms with Crippen molar-refractivity contribution in [2.45, 2.75) is 13.0 Å². The van der Waals surface area contributed by atoms with Crippen LogP contribution in [0.2, 0.25) is 0 Å². The van der Waals surface area contributed by atoms with Crippen molar-refractivity contribution in [3.8, 4) is 0 Å². The van der Waals surface area contributed by atoms with Gasteiger partial charge in [-0.2, -0.15) is 0 Å². The molecule has 4 nitrogen and oxygen atoms in total. The van der Waals surface area contributed by atoms with Gasteiger partial charge in [0.25, 0.3) is 6.43 Å². The van der Waals surface area contributed by atoms with Crippen LogP contribution in [0.25, 0.3) is 0 Å². The number of halogens is 3. The number of aromatic carboxylic acids is 1. The maximum atomic E-state index is 12.5. The number of alkyl halides is 2. The fraction of sp³-hybridized carbons (Fsp3) is 0.250. The summed E-state index contributed by atoms with van der Waals surface area (Å²) in [6, 6.07) is 1.16. The number of hydrogen-bond acceptors (Lipinski definition) is 3. The molecule has 7 heteroatoms. The molecule has 0 spiro atoms. The number of hydrogen-bond donors (Lipinski definition) is 2. The van der Waals surface area contributed by atoms with E-state index in [2.05, 4.69) is 20.9 Å². The van der Waals surface area contributed by atoms with Crippen molar-refractivity contribution in [3.05, 3.63) is 27.5 Å². The van der Waals surface area contributed by atoms with Gasteiger partial charge in [-0.3, -0.25) is 0 Å². The van der Waals surface area contributed by atoms with Gasteiger partial charge in [-0.25, -0.2) is 18.6 Å². The van der Waals surface area contributed by atoms with E-state index in [0.29, 0.717) is 0 Å². The first-order valence-corrected chi connectivity index (χ1v) is 4.67. The topological polar surface area (TPSA) is 76.2 Å². The lowest BCUT2D eigenvalue weighted by atomic mass is 10.2. The number of rotatable bonds is 3. The van der Waals surface area contributed by atoms with Crippen LogP contribution in [0.3, 0.4) is 0 Å². The molecule has 0 amide bonds. The molecule has 1 heterocycles. The van der Waals surface area contributed by atoms with Crippen molar-refractivity contribution in [1.29, 1.82) is 0 Å². The number of carbonyl (C=O) groups is 1. The molecule has 82 valence electrons. The third kappa shape index (κ3) is 2.48. The molecule has 0 aliphatic heterocycles. The lowest BCUT2D eigenvalue weighted by Crippen LogP contribution is -2.09. The van der Waals surface area contributed by atoms with Gasteiger partial charge in [-0.15, -0.1) is 0 Å². The van der Waals surface area contributed by atoms with E-state index >= 15 is 0 Å². The third-order valence-corrected chi connectivity index (χ3v) is 2.62. The predicted octanol–water partition coefficient (Wildman–Crippen LogP) is 1.94. The molecule has 3 N–H and O–H groups in total. The smallest absolute Gasteiger partial charge is 0.354 e. The average Bonchev–Trinajstić information content (AvgIpc) is 2.17. The van der Waals surface area contributed by atoms with Crippen LogP contribution in [-0.4, -0.2) is 16.1 Å². The Morgan fingerprint density at radius 2 is 2.27 bits per heavy atom. The lowest BCUT2D eigenvalue weighted by Gasteiger charge is -2.08. The zero-order valence-corrected chi connectivity index (χ0v) is 8.96. The molecular formula is C8H7BrF2N2O2. The highest BCUT2D eigenvalue weighted by atomic mass is 79.9. The van der Waals surface area contributed by atoms with Crippen molar-refractivity contribution in [1.82, 2.24) is 4.98 Å². The molecule has 0 aliphatic rings. The van der Waals surface area contributed by atoms with Crippen molar-refractivity contribution in [2.75, 3.05) is 0 Å². The summed E-state index contributed by atoms with van der Waals surface area (Å²) in [5.74, 6) is -1.36. The second-order valence-corrected chi connectivity index (χ2v) is 3.47. The molecular weight excluding hydrogens is 274 g/mol. The normalized spacial score (nSPS) is 10.7. The van der Waals surface area contributed by atoms with E-state index in [1.807, 2.05) is 0 Å². The molecule has 0 saturated heterocycles. The minimum absolute atomic E-state index is 0.0386. The molecule has 15 heavy (non-hydrogen) atoms. The summed E-state index contributed by atoms with van der Waals surface area (Å²) >= 11 is 2.91. The summed E-state index contributed by atoms with van der Waals surface area (Å²) in [6.07, 6.45) is -2.84. The predicted molar refractivity (Wildman–Crippen MR) is 51.7 cm³/mol. The molecule has 0 atom stereocenters. The van der Waals surface area contributed by atoms with E-state index in [0.717, 1.165) is 6.07 Å². The summed E-state index contributed by atoms with van der Waals surface area (Å²) in [5, 5.41) is 8.64. The molecule has 0 bridgehead atoms. The molecule has 1 aromatic rings. The Kier molecular flexibility index (Phi) is 3.70. The lowest BCUT2D eigenvalue weighted by molar-refractivity contribution is 0.0688. The van der Waals surface area contributed by atoms with Crippen molar-refractivity contribution in [2.24, 2.45) is 5.73 Å². The SMILES string of the molecule is NCc1cc(C(=O)O)nc(C(F)F)c1Br. The Morgan fingerprint density at radius 3 is 2.67 bits per heavy atom. The molecule has 1 aromatic heterocycles. The van der Waals surface area contributed by atoms with E-state index in [4.69, 9.17) is 10.8 Å². The monoisotopic (exact) mass is 280 g/mol. The Bertz CT molecular complexity index is 398. The molecule has 0 unspecified atom stereocenters. The third-order valence-electron chi connectivity index (χ3n) is 1.70. The first kappa shape index (κ1) is 12.0. The first-order chi connectivity index (χ1) is 6.97. The Morgan fingerprint density at radius 1 is 1.67 bits per heavy atom. The summed E-state index contributed by atoms with van der Waals surface area (Å²) in [4.78, 5) is 13.9. The molecule has 0 aliphatic carbocycles. The molecule has 1 rings (SSSR count). The van der Waals surface area contributed by atoms with E-state index in [-0.39, 0.29) is 16.6 Å². The van der Waals surface area contributed by atoms with Crippen molar-refractivity contribution >= 4 is 21.9 Å². The second kappa shape index (κ2) is 4.63. The Balaban J connectivity index is 3.38. The molecule has 0 saturated carbocycles. The Hall–Kier alpha value is -1.08.